The lowest BCUT2D eigenvalue weighted by molar-refractivity contribution is -0.139. The molecule has 5 nitrogen and oxygen atoms in total. The standard InChI is InChI=1S/C24H24N2O3/c1-4-7-17-10-15(2)22(16(3)11-17)23-20(27)12-18(13-21(23)28)24(29)26-14-19-8-5-6-9-25-19/h5-6,8-11,18,23H,12-14H2,1-3H3,(H,26,29). The predicted molar refractivity (Wildman–Crippen MR) is 110 cm³/mol. The van der Waals surface area contributed by atoms with Crippen molar-refractivity contribution in [2.75, 3.05) is 0 Å². The van der Waals surface area contributed by atoms with Crippen molar-refractivity contribution in [3.8, 4) is 11.8 Å². The molecule has 1 N–H and O–H groups in total. The van der Waals surface area contributed by atoms with Gasteiger partial charge >= 0.3 is 0 Å². The molecule has 0 unspecified atom stereocenters. The molecule has 1 amide bonds. The van der Waals surface area contributed by atoms with E-state index in [0.29, 0.717) is 0 Å². The van der Waals surface area contributed by atoms with Crippen LogP contribution in [0.1, 0.15) is 53.6 Å². The second-order valence-electron chi connectivity index (χ2n) is 7.41. The van der Waals surface area contributed by atoms with Gasteiger partial charge in [-0.05, 0) is 61.7 Å². The van der Waals surface area contributed by atoms with Gasteiger partial charge in [0.05, 0.1) is 18.2 Å². The molecular weight excluding hydrogens is 364 g/mol. The van der Waals surface area contributed by atoms with Gasteiger partial charge in [0.25, 0.3) is 0 Å². The predicted octanol–water partition coefficient (Wildman–Crippen LogP) is 3.02. The number of rotatable bonds is 4. The van der Waals surface area contributed by atoms with Crippen LogP contribution in [0, 0.1) is 31.6 Å². The number of ketones is 2. The van der Waals surface area contributed by atoms with Gasteiger partial charge < -0.3 is 5.32 Å². The molecule has 3 rings (SSSR count). The van der Waals surface area contributed by atoms with E-state index in [2.05, 4.69) is 22.1 Å². The first-order chi connectivity index (χ1) is 13.9. The Morgan fingerprint density at radius 2 is 1.79 bits per heavy atom. The molecule has 0 bridgehead atoms. The fourth-order valence-corrected chi connectivity index (χ4v) is 3.95. The van der Waals surface area contributed by atoms with Crippen LogP contribution in [0.5, 0.6) is 0 Å². The van der Waals surface area contributed by atoms with E-state index in [9.17, 15) is 14.4 Å². The lowest BCUT2D eigenvalue weighted by atomic mass is 9.74. The lowest BCUT2D eigenvalue weighted by Gasteiger charge is -2.28. The molecule has 1 heterocycles. The first-order valence-electron chi connectivity index (χ1n) is 9.67. The Balaban J connectivity index is 1.73. The maximum Gasteiger partial charge on any atom is 0.224 e. The van der Waals surface area contributed by atoms with Crippen molar-refractivity contribution in [1.82, 2.24) is 10.3 Å². The lowest BCUT2D eigenvalue weighted by Crippen LogP contribution is -2.40. The Hall–Kier alpha value is -3.26. The third kappa shape index (κ3) is 4.60. The highest BCUT2D eigenvalue weighted by molar-refractivity contribution is 6.12. The minimum Gasteiger partial charge on any atom is -0.350 e. The number of aromatic nitrogens is 1. The third-order valence-corrected chi connectivity index (χ3v) is 5.23. The van der Waals surface area contributed by atoms with Crippen LogP contribution in [0.2, 0.25) is 0 Å². The summed E-state index contributed by atoms with van der Waals surface area (Å²) in [5, 5.41) is 2.79. The van der Waals surface area contributed by atoms with Crippen molar-refractivity contribution in [1.29, 1.82) is 0 Å². The Bertz CT molecular complexity index is 974. The zero-order valence-electron chi connectivity index (χ0n) is 16.9. The van der Waals surface area contributed by atoms with Gasteiger partial charge in [-0.1, -0.05) is 12.0 Å². The van der Waals surface area contributed by atoms with Gasteiger partial charge in [0.15, 0.2) is 0 Å². The molecule has 1 fully saturated rings. The summed E-state index contributed by atoms with van der Waals surface area (Å²) in [6.45, 7) is 5.84. The van der Waals surface area contributed by atoms with Gasteiger partial charge in [0.1, 0.15) is 17.5 Å². The van der Waals surface area contributed by atoms with E-state index in [4.69, 9.17) is 0 Å². The van der Waals surface area contributed by atoms with Crippen LogP contribution in [0.25, 0.3) is 0 Å². The zero-order valence-corrected chi connectivity index (χ0v) is 16.9. The van der Waals surface area contributed by atoms with Crippen LogP contribution < -0.4 is 5.32 Å². The number of nitrogens with zero attached hydrogens (tertiary/aromatic N) is 1. The molecule has 1 aromatic heterocycles. The Kier molecular flexibility index (Phi) is 6.23. The number of hydrogen-bond donors (Lipinski definition) is 1. The fourth-order valence-electron chi connectivity index (χ4n) is 3.95. The van der Waals surface area contributed by atoms with Crippen LogP contribution in [-0.4, -0.2) is 22.5 Å². The largest absolute Gasteiger partial charge is 0.350 e. The summed E-state index contributed by atoms with van der Waals surface area (Å²) in [5.74, 6) is 3.79. The number of pyridine rings is 1. The van der Waals surface area contributed by atoms with Crippen molar-refractivity contribution in [3.05, 3.63) is 64.5 Å². The monoisotopic (exact) mass is 388 g/mol. The summed E-state index contributed by atoms with van der Waals surface area (Å²) in [6, 6.07) is 9.27. The molecule has 2 aromatic rings. The van der Waals surface area contributed by atoms with E-state index < -0.39 is 11.8 Å². The average molecular weight is 388 g/mol. The maximum absolute atomic E-state index is 12.9. The molecule has 1 aliphatic carbocycles. The molecule has 0 aliphatic heterocycles. The molecule has 148 valence electrons. The van der Waals surface area contributed by atoms with Gasteiger partial charge in [-0.2, -0.15) is 0 Å². The topological polar surface area (TPSA) is 76.1 Å². The highest BCUT2D eigenvalue weighted by Gasteiger charge is 2.40. The number of Topliss-reactive ketones (excluding diaryl/α,β-unsaturated/α-hetero) is 2. The summed E-state index contributed by atoms with van der Waals surface area (Å²) < 4.78 is 0. The van der Waals surface area contributed by atoms with Gasteiger partial charge in [0, 0.05) is 24.6 Å². The average Bonchev–Trinajstić information content (AvgIpc) is 2.68. The molecule has 1 aromatic carbocycles. The second kappa shape index (κ2) is 8.83. The minimum absolute atomic E-state index is 0.0693. The van der Waals surface area contributed by atoms with Crippen molar-refractivity contribution in [2.24, 2.45) is 5.92 Å². The molecule has 0 radical (unpaired) electrons. The van der Waals surface area contributed by atoms with E-state index in [1.165, 1.54) is 0 Å². The van der Waals surface area contributed by atoms with Gasteiger partial charge in [0.2, 0.25) is 5.91 Å². The maximum atomic E-state index is 12.9. The van der Waals surface area contributed by atoms with E-state index in [0.717, 1.165) is 27.9 Å². The third-order valence-electron chi connectivity index (χ3n) is 5.23. The second-order valence-corrected chi connectivity index (χ2v) is 7.41. The molecule has 29 heavy (non-hydrogen) atoms. The van der Waals surface area contributed by atoms with Crippen LogP contribution in [0.4, 0.5) is 0 Å². The van der Waals surface area contributed by atoms with Crippen LogP contribution in [0.3, 0.4) is 0 Å². The highest BCUT2D eigenvalue weighted by atomic mass is 16.2. The molecule has 0 saturated heterocycles. The molecule has 1 aliphatic rings. The normalized spacial score (nSPS) is 18.7. The molecule has 1 saturated carbocycles. The fraction of sp³-hybridized carbons (Fsp3) is 0.333. The summed E-state index contributed by atoms with van der Waals surface area (Å²) in [6.07, 6.45) is 1.79. The van der Waals surface area contributed by atoms with Crippen molar-refractivity contribution in [3.63, 3.8) is 0 Å². The van der Waals surface area contributed by atoms with Gasteiger partial charge in [-0.25, -0.2) is 0 Å². The molecular formula is C24H24N2O3. The van der Waals surface area contributed by atoms with Crippen LogP contribution in [0.15, 0.2) is 36.5 Å². The van der Waals surface area contributed by atoms with Gasteiger partial charge in [-0.15, -0.1) is 5.92 Å². The summed E-state index contributed by atoms with van der Waals surface area (Å²) in [7, 11) is 0. The van der Waals surface area contributed by atoms with E-state index in [-0.39, 0.29) is 36.9 Å². The van der Waals surface area contributed by atoms with Crippen LogP contribution >= 0.6 is 0 Å². The highest BCUT2D eigenvalue weighted by Crippen LogP contribution is 2.34. The Morgan fingerprint density at radius 3 is 2.34 bits per heavy atom. The van der Waals surface area contributed by atoms with Crippen molar-refractivity contribution in [2.45, 2.75) is 46.1 Å². The van der Waals surface area contributed by atoms with E-state index in [1.54, 1.807) is 19.2 Å². The number of nitrogens with one attached hydrogen (secondary N) is 1. The first-order valence-corrected chi connectivity index (χ1v) is 9.67. The quantitative estimate of drug-likeness (QED) is 0.645. The SMILES string of the molecule is CC#Cc1cc(C)c(C2C(=O)CC(C(=O)NCc3ccccn3)CC2=O)c(C)c1. The number of hydrogen-bond acceptors (Lipinski definition) is 4. The smallest absolute Gasteiger partial charge is 0.224 e. The van der Waals surface area contributed by atoms with E-state index >= 15 is 0 Å². The molecule has 0 atom stereocenters. The number of carbonyl (C=O) groups is 3. The van der Waals surface area contributed by atoms with E-state index in [1.807, 2.05) is 38.1 Å². The molecule has 0 spiro atoms. The number of carbonyl (C=O) groups excluding carboxylic acids is 3. The minimum atomic E-state index is -0.793. The number of benzene rings is 1. The molecule has 5 heteroatoms. The zero-order chi connectivity index (χ0) is 21.0. The number of aryl methyl sites for hydroxylation is 2. The Labute approximate surface area is 170 Å². The summed E-state index contributed by atoms with van der Waals surface area (Å²) in [5.41, 5.74) is 4.12. The Morgan fingerprint density at radius 1 is 1.14 bits per heavy atom. The number of amides is 1. The summed E-state index contributed by atoms with van der Waals surface area (Å²) >= 11 is 0. The van der Waals surface area contributed by atoms with Crippen LogP contribution in [-0.2, 0) is 20.9 Å². The first kappa shape index (κ1) is 20.5. The van der Waals surface area contributed by atoms with Crippen molar-refractivity contribution < 1.29 is 14.4 Å². The summed E-state index contributed by atoms with van der Waals surface area (Å²) in [4.78, 5) is 42.4. The van der Waals surface area contributed by atoms with Crippen molar-refractivity contribution >= 4 is 17.5 Å². The van der Waals surface area contributed by atoms with Gasteiger partial charge in [-0.3, -0.25) is 19.4 Å².